The van der Waals surface area contributed by atoms with Gasteiger partial charge < -0.3 is 5.32 Å². The van der Waals surface area contributed by atoms with Gasteiger partial charge in [-0.3, -0.25) is 9.59 Å². The quantitative estimate of drug-likeness (QED) is 0.578. The van der Waals surface area contributed by atoms with Crippen LogP contribution in [0.4, 0.5) is 0 Å². The first-order chi connectivity index (χ1) is 14.0. The molecule has 6 heteroatoms. The van der Waals surface area contributed by atoms with E-state index in [4.69, 9.17) is 0 Å². The molecule has 1 N–H and O–H groups in total. The van der Waals surface area contributed by atoms with Gasteiger partial charge in [0.25, 0.3) is 5.56 Å². The molecule has 3 rings (SSSR count). The molecule has 1 atom stereocenters. The van der Waals surface area contributed by atoms with Crippen LogP contribution in [0.25, 0.3) is 11.3 Å². The fourth-order valence-corrected chi connectivity index (χ4v) is 3.44. The molecule has 0 saturated heterocycles. The van der Waals surface area contributed by atoms with Gasteiger partial charge in [0.2, 0.25) is 5.91 Å². The van der Waals surface area contributed by atoms with Crippen LogP contribution in [0.5, 0.6) is 0 Å². The highest BCUT2D eigenvalue weighted by molar-refractivity contribution is 7.98. The zero-order valence-electron chi connectivity index (χ0n) is 16.7. The van der Waals surface area contributed by atoms with Crippen LogP contribution < -0.4 is 10.9 Å². The van der Waals surface area contributed by atoms with Crippen LogP contribution in [0.2, 0.25) is 0 Å². The number of hydrogen-bond donors (Lipinski definition) is 1. The number of rotatable bonds is 8. The molecule has 1 aromatic heterocycles. The maximum atomic E-state index is 12.4. The minimum absolute atomic E-state index is 0.0145. The molecule has 0 aliphatic rings. The first kappa shape index (κ1) is 20.9. The lowest BCUT2D eigenvalue weighted by Gasteiger charge is -2.14. The molecule has 0 radical (unpaired) electrons. The second kappa shape index (κ2) is 10.1. The lowest BCUT2D eigenvalue weighted by Crippen LogP contribution is -2.38. The van der Waals surface area contributed by atoms with Crippen molar-refractivity contribution in [2.24, 2.45) is 0 Å². The molecule has 0 fully saturated rings. The number of aromatic nitrogens is 2. The normalized spacial score (nSPS) is 11.8. The number of thioether (sulfide) groups is 1. The lowest BCUT2D eigenvalue weighted by molar-refractivity contribution is -0.122. The number of nitrogens with one attached hydrogen (secondary N) is 1. The van der Waals surface area contributed by atoms with Crippen LogP contribution in [-0.2, 0) is 17.8 Å². The van der Waals surface area contributed by atoms with E-state index in [-0.39, 0.29) is 24.1 Å². The van der Waals surface area contributed by atoms with E-state index >= 15 is 0 Å². The average Bonchev–Trinajstić information content (AvgIpc) is 2.74. The summed E-state index contributed by atoms with van der Waals surface area (Å²) in [6, 6.07) is 21.3. The summed E-state index contributed by atoms with van der Waals surface area (Å²) in [5.41, 5.74) is 2.53. The molecule has 0 spiro atoms. The monoisotopic (exact) mass is 407 g/mol. The Labute approximate surface area is 175 Å². The minimum Gasteiger partial charge on any atom is -0.352 e. The highest BCUT2D eigenvalue weighted by atomic mass is 32.2. The Bertz CT molecular complexity index is 1000. The number of amides is 1. The maximum absolute atomic E-state index is 12.4. The van der Waals surface area contributed by atoms with Crippen LogP contribution in [0.15, 0.2) is 76.4 Å². The van der Waals surface area contributed by atoms with E-state index in [2.05, 4.69) is 22.5 Å². The highest BCUT2D eigenvalue weighted by Gasteiger charge is 2.11. The molecule has 1 amide bonds. The molecule has 1 heterocycles. The van der Waals surface area contributed by atoms with Gasteiger partial charge in [0, 0.05) is 22.6 Å². The van der Waals surface area contributed by atoms with Crippen LogP contribution >= 0.6 is 11.8 Å². The van der Waals surface area contributed by atoms with Gasteiger partial charge in [-0.15, -0.1) is 11.8 Å². The number of nitrogens with zero attached hydrogens (tertiary/aromatic N) is 2. The van der Waals surface area contributed by atoms with Crippen molar-refractivity contribution in [1.82, 2.24) is 15.1 Å². The van der Waals surface area contributed by atoms with Crippen molar-refractivity contribution in [2.45, 2.75) is 37.2 Å². The Morgan fingerprint density at radius 3 is 2.48 bits per heavy atom. The second-order valence-electron chi connectivity index (χ2n) is 6.94. The van der Waals surface area contributed by atoms with Gasteiger partial charge in [-0.05, 0) is 49.8 Å². The molecule has 3 aromatic rings. The molecule has 5 nitrogen and oxygen atoms in total. The van der Waals surface area contributed by atoms with Gasteiger partial charge in [-0.1, -0.05) is 42.5 Å². The SMILES string of the molecule is CSc1ccc(-c2ccc(=O)n(CC(=O)N[C@H](C)CCc3ccccc3)n2)cc1. The number of aryl methyl sites for hydroxylation is 1. The van der Waals surface area contributed by atoms with Crippen molar-refractivity contribution in [3.63, 3.8) is 0 Å². The van der Waals surface area contributed by atoms with Gasteiger partial charge >= 0.3 is 0 Å². The third-order valence-corrected chi connectivity index (χ3v) is 5.41. The van der Waals surface area contributed by atoms with E-state index in [1.54, 1.807) is 17.8 Å². The molecular weight excluding hydrogens is 382 g/mol. The van der Waals surface area contributed by atoms with Crippen LogP contribution in [-0.4, -0.2) is 28.0 Å². The van der Waals surface area contributed by atoms with Gasteiger partial charge in [-0.25, -0.2) is 4.68 Å². The predicted molar refractivity (Wildman–Crippen MR) is 118 cm³/mol. The summed E-state index contributed by atoms with van der Waals surface area (Å²) < 4.78 is 1.22. The molecule has 2 aromatic carbocycles. The van der Waals surface area contributed by atoms with Crippen molar-refractivity contribution >= 4 is 17.7 Å². The molecule has 0 saturated carbocycles. The summed E-state index contributed by atoms with van der Waals surface area (Å²) in [4.78, 5) is 25.7. The van der Waals surface area contributed by atoms with Crippen LogP contribution in [0, 0.1) is 0 Å². The summed E-state index contributed by atoms with van der Waals surface area (Å²) >= 11 is 1.67. The Morgan fingerprint density at radius 2 is 1.79 bits per heavy atom. The highest BCUT2D eigenvalue weighted by Crippen LogP contribution is 2.20. The van der Waals surface area contributed by atoms with Gasteiger partial charge in [0.1, 0.15) is 6.54 Å². The van der Waals surface area contributed by atoms with Crippen molar-refractivity contribution in [3.05, 3.63) is 82.6 Å². The number of benzene rings is 2. The summed E-state index contributed by atoms with van der Waals surface area (Å²) in [5.74, 6) is -0.213. The summed E-state index contributed by atoms with van der Waals surface area (Å²) in [6.07, 6.45) is 3.74. The number of carbonyl (C=O) groups excluding carboxylic acids is 1. The average molecular weight is 408 g/mol. The molecule has 0 aliphatic heterocycles. The van der Waals surface area contributed by atoms with Crippen LogP contribution in [0.3, 0.4) is 0 Å². The summed E-state index contributed by atoms with van der Waals surface area (Å²) in [5, 5.41) is 7.33. The molecule has 29 heavy (non-hydrogen) atoms. The van der Waals surface area contributed by atoms with Gasteiger partial charge in [0.05, 0.1) is 5.69 Å². The Balaban J connectivity index is 1.61. The third-order valence-electron chi connectivity index (χ3n) is 4.66. The first-order valence-electron chi connectivity index (χ1n) is 9.61. The van der Waals surface area contributed by atoms with E-state index in [0.29, 0.717) is 5.69 Å². The fraction of sp³-hybridized carbons (Fsp3) is 0.261. The molecule has 0 unspecified atom stereocenters. The fourth-order valence-electron chi connectivity index (χ4n) is 3.03. The zero-order valence-corrected chi connectivity index (χ0v) is 17.5. The smallest absolute Gasteiger partial charge is 0.267 e. The largest absolute Gasteiger partial charge is 0.352 e. The number of hydrogen-bond acceptors (Lipinski definition) is 4. The maximum Gasteiger partial charge on any atom is 0.267 e. The third kappa shape index (κ3) is 6.06. The predicted octanol–water partition coefficient (Wildman–Crippen LogP) is 3.77. The Kier molecular flexibility index (Phi) is 7.25. The standard InChI is InChI=1S/C23H25N3O2S/c1-17(8-9-18-6-4-3-5-7-18)24-22(27)16-26-23(28)15-14-21(25-26)19-10-12-20(29-2)13-11-19/h3-7,10-15,17H,8-9,16H2,1-2H3,(H,24,27)/t17-/m1/s1. The van der Waals surface area contributed by atoms with E-state index in [0.717, 1.165) is 23.3 Å². The van der Waals surface area contributed by atoms with Crippen molar-refractivity contribution < 1.29 is 4.79 Å². The summed E-state index contributed by atoms with van der Waals surface area (Å²) in [6.45, 7) is 1.88. The number of carbonyl (C=O) groups is 1. The van der Waals surface area contributed by atoms with Gasteiger partial charge in [-0.2, -0.15) is 5.10 Å². The summed E-state index contributed by atoms with van der Waals surface area (Å²) in [7, 11) is 0. The van der Waals surface area contributed by atoms with Gasteiger partial charge in [0.15, 0.2) is 0 Å². The molecule has 0 bridgehead atoms. The topological polar surface area (TPSA) is 64.0 Å². The van der Waals surface area contributed by atoms with Crippen molar-refractivity contribution in [2.75, 3.05) is 6.26 Å². The van der Waals surface area contributed by atoms with Crippen molar-refractivity contribution in [1.29, 1.82) is 0 Å². The van der Waals surface area contributed by atoms with E-state index in [1.807, 2.05) is 55.6 Å². The second-order valence-corrected chi connectivity index (χ2v) is 7.82. The Hall–Kier alpha value is -2.86. The van der Waals surface area contributed by atoms with Crippen molar-refractivity contribution in [3.8, 4) is 11.3 Å². The van der Waals surface area contributed by atoms with Crippen LogP contribution in [0.1, 0.15) is 18.9 Å². The lowest BCUT2D eigenvalue weighted by atomic mass is 10.1. The minimum atomic E-state index is -0.290. The first-order valence-corrected chi connectivity index (χ1v) is 10.8. The molecule has 0 aliphatic carbocycles. The van der Waals surface area contributed by atoms with E-state index in [1.165, 1.54) is 16.3 Å². The van der Waals surface area contributed by atoms with E-state index < -0.39 is 0 Å². The van der Waals surface area contributed by atoms with E-state index in [9.17, 15) is 9.59 Å². The Morgan fingerprint density at radius 1 is 1.07 bits per heavy atom. The zero-order chi connectivity index (χ0) is 20.6. The molecule has 150 valence electrons. The molecular formula is C23H25N3O2S.